The van der Waals surface area contributed by atoms with E-state index in [9.17, 15) is 4.79 Å². The summed E-state index contributed by atoms with van der Waals surface area (Å²) in [5.74, 6) is -0.00827. The molecule has 3 nitrogen and oxygen atoms in total. The first-order valence-electron chi connectivity index (χ1n) is 7.11. The van der Waals surface area contributed by atoms with Gasteiger partial charge in [0.2, 0.25) is 5.91 Å². The number of carbonyl (C=O) groups is 1. The fraction of sp³-hybridized carbons (Fsp3) is 0.562. The number of piperidine rings is 1. The van der Waals surface area contributed by atoms with Gasteiger partial charge in [-0.25, -0.2) is 0 Å². The highest BCUT2D eigenvalue weighted by molar-refractivity contribution is 6.30. The summed E-state index contributed by atoms with van der Waals surface area (Å²) in [6.45, 7) is 7.66. The van der Waals surface area contributed by atoms with Gasteiger partial charge in [-0.15, -0.1) is 0 Å². The maximum absolute atomic E-state index is 12.6. The van der Waals surface area contributed by atoms with Crippen molar-refractivity contribution >= 4 is 17.5 Å². The summed E-state index contributed by atoms with van der Waals surface area (Å²) in [4.78, 5) is 14.6. The average Bonchev–Trinajstić information content (AvgIpc) is 2.40. The highest BCUT2D eigenvalue weighted by Gasteiger charge is 2.36. The van der Waals surface area contributed by atoms with Gasteiger partial charge in [0.15, 0.2) is 0 Å². The summed E-state index contributed by atoms with van der Waals surface area (Å²) in [7, 11) is 0. The zero-order valence-electron chi connectivity index (χ0n) is 12.4. The van der Waals surface area contributed by atoms with Crippen molar-refractivity contribution in [2.75, 3.05) is 13.1 Å². The Hall–Kier alpha value is -1.06. The second-order valence-electron chi connectivity index (χ2n) is 6.42. The molecule has 0 bridgehead atoms. The molecule has 1 aromatic carbocycles. The molecule has 1 aliphatic rings. The molecule has 2 atom stereocenters. The van der Waals surface area contributed by atoms with Crippen LogP contribution in [0.4, 0.5) is 0 Å². The number of hydrogen-bond acceptors (Lipinski definition) is 2. The molecule has 2 N–H and O–H groups in total. The topological polar surface area (TPSA) is 46.3 Å². The van der Waals surface area contributed by atoms with Crippen LogP contribution in [-0.4, -0.2) is 29.9 Å². The van der Waals surface area contributed by atoms with Crippen LogP contribution >= 0.6 is 11.6 Å². The van der Waals surface area contributed by atoms with E-state index in [1.807, 2.05) is 36.1 Å². The van der Waals surface area contributed by atoms with Crippen molar-refractivity contribution in [1.29, 1.82) is 0 Å². The minimum atomic E-state index is -0.168. The highest BCUT2D eigenvalue weighted by atomic mass is 35.5. The summed E-state index contributed by atoms with van der Waals surface area (Å²) in [6.07, 6.45) is 0.862. The average molecular weight is 295 g/mol. The first-order valence-corrected chi connectivity index (χ1v) is 7.49. The standard InChI is InChI=1S/C16H23ClN2O/c1-11(12-5-4-6-13(17)9-12)15(20)19-8-7-14(18)16(2,3)10-19/h4-6,9,11,14H,7-8,10,18H2,1-3H3. The van der Waals surface area contributed by atoms with Gasteiger partial charge in [0.25, 0.3) is 0 Å². The summed E-state index contributed by atoms with van der Waals surface area (Å²) in [5, 5.41) is 0.670. The molecular formula is C16H23ClN2O. The Morgan fingerprint density at radius 3 is 2.80 bits per heavy atom. The van der Waals surface area contributed by atoms with Crippen molar-refractivity contribution in [2.24, 2.45) is 11.1 Å². The molecule has 2 rings (SSSR count). The third-order valence-corrected chi connectivity index (χ3v) is 4.58. The SMILES string of the molecule is CC(C(=O)N1CCC(N)C(C)(C)C1)c1cccc(Cl)c1. The summed E-state index contributed by atoms with van der Waals surface area (Å²) < 4.78 is 0. The number of rotatable bonds is 2. The Morgan fingerprint density at radius 2 is 2.20 bits per heavy atom. The Morgan fingerprint density at radius 1 is 1.50 bits per heavy atom. The lowest BCUT2D eigenvalue weighted by atomic mass is 9.79. The molecular weight excluding hydrogens is 272 g/mol. The van der Waals surface area contributed by atoms with E-state index in [4.69, 9.17) is 17.3 Å². The van der Waals surface area contributed by atoms with Gasteiger partial charge in [-0.05, 0) is 36.5 Å². The minimum Gasteiger partial charge on any atom is -0.342 e. The third-order valence-electron chi connectivity index (χ3n) is 4.34. The maximum atomic E-state index is 12.6. The molecule has 1 aromatic rings. The maximum Gasteiger partial charge on any atom is 0.229 e. The third kappa shape index (κ3) is 3.15. The molecule has 1 amide bonds. The molecule has 0 spiro atoms. The van der Waals surface area contributed by atoms with E-state index in [0.717, 1.165) is 25.1 Å². The van der Waals surface area contributed by atoms with E-state index in [0.29, 0.717) is 5.02 Å². The van der Waals surface area contributed by atoms with Crippen LogP contribution < -0.4 is 5.73 Å². The Labute approximate surface area is 126 Å². The van der Waals surface area contributed by atoms with Gasteiger partial charge >= 0.3 is 0 Å². The number of carbonyl (C=O) groups excluding carboxylic acids is 1. The van der Waals surface area contributed by atoms with Crippen molar-refractivity contribution in [1.82, 2.24) is 4.90 Å². The molecule has 2 unspecified atom stereocenters. The van der Waals surface area contributed by atoms with E-state index in [1.54, 1.807) is 0 Å². The van der Waals surface area contributed by atoms with Crippen LogP contribution in [0.3, 0.4) is 0 Å². The van der Waals surface area contributed by atoms with E-state index in [-0.39, 0.29) is 23.3 Å². The molecule has 0 aliphatic carbocycles. The van der Waals surface area contributed by atoms with Gasteiger partial charge in [0, 0.05) is 24.2 Å². The zero-order chi connectivity index (χ0) is 14.9. The molecule has 1 fully saturated rings. The van der Waals surface area contributed by atoms with Crippen LogP contribution in [0.5, 0.6) is 0 Å². The Bertz CT molecular complexity index is 501. The number of likely N-dealkylation sites (tertiary alicyclic amines) is 1. The van der Waals surface area contributed by atoms with Gasteiger partial charge in [-0.3, -0.25) is 4.79 Å². The van der Waals surface area contributed by atoms with Crippen LogP contribution in [-0.2, 0) is 4.79 Å². The molecule has 4 heteroatoms. The molecule has 20 heavy (non-hydrogen) atoms. The lowest BCUT2D eigenvalue weighted by Gasteiger charge is -2.43. The van der Waals surface area contributed by atoms with Gasteiger partial charge in [0.05, 0.1) is 5.92 Å². The molecule has 0 aromatic heterocycles. The number of benzene rings is 1. The molecule has 0 radical (unpaired) electrons. The lowest BCUT2D eigenvalue weighted by molar-refractivity contribution is -0.135. The summed E-state index contributed by atoms with van der Waals surface area (Å²) in [6, 6.07) is 7.69. The van der Waals surface area contributed by atoms with E-state index in [1.165, 1.54) is 0 Å². The number of nitrogens with zero attached hydrogens (tertiary/aromatic N) is 1. The minimum absolute atomic E-state index is 0.0258. The largest absolute Gasteiger partial charge is 0.342 e. The van der Waals surface area contributed by atoms with E-state index >= 15 is 0 Å². The molecule has 1 heterocycles. The van der Waals surface area contributed by atoms with Crippen LogP contribution in [0.2, 0.25) is 5.02 Å². The van der Waals surface area contributed by atoms with Gasteiger partial charge < -0.3 is 10.6 Å². The normalized spacial score (nSPS) is 23.4. The van der Waals surface area contributed by atoms with Crippen LogP contribution in [0.25, 0.3) is 0 Å². The Balaban J connectivity index is 2.11. The number of hydrogen-bond donors (Lipinski definition) is 1. The molecule has 1 saturated heterocycles. The van der Waals surface area contributed by atoms with Crippen molar-refractivity contribution < 1.29 is 4.79 Å². The second kappa shape index (κ2) is 5.74. The van der Waals surface area contributed by atoms with Crippen molar-refractivity contribution in [2.45, 2.75) is 39.2 Å². The predicted octanol–water partition coefficient (Wildman–Crippen LogP) is 3.03. The van der Waals surface area contributed by atoms with Crippen LogP contribution in [0.1, 0.15) is 38.7 Å². The monoisotopic (exact) mass is 294 g/mol. The number of amides is 1. The van der Waals surface area contributed by atoms with Crippen LogP contribution in [0.15, 0.2) is 24.3 Å². The smallest absolute Gasteiger partial charge is 0.229 e. The quantitative estimate of drug-likeness (QED) is 0.911. The second-order valence-corrected chi connectivity index (χ2v) is 6.86. The Kier molecular flexibility index (Phi) is 4.40. The van der Waals surface area contributed by atoms with Gasteiger partial charge in [0.1, 0.15) is 0 Å². The highest BCUT2D eigenvalue weighted by Crippen LogP contribution is 2.30. The van der Waals surface area contributed by atoms with Crippen molar-refractivity contribution in [3.05, 3.63) is 34.9 Å². The fourth-order valence-corrected chi connectivity index (χ4v) is 2.95. The summed E-state index contributed by atoms with van der Waals surface area (Å²) >= 11 is 6.00. The first-order chi connectivity index (χ1) is 9.31. The van der Waals surface area contributed by atoms with Gasteiger partial charge in [-0.1, -0.05) is 37.6 Å². The molecule has 1 aliphatic heterocycles. The zero-order valence-corrected chi connectivity index (χ0v) is 13.2. The molecule has 110 valence electrons. The van der Waals surface area contributed by atoms with E-state index < -0.39 is 0 Å². The first kappa shape index (κ1) is 15.3. The number of halogens is 1. The number of nitrogens with two attached hydrogens (primary N) is 1. The fourth-order valence-electron chi connectivity index (χ4n) is 2.75. The molecule has 0 saturated carbocycles. The van der Waals surface area contributed by atoms with Crippen molar-refractivity contribution in [3.63, 3.8) is 0 Å². The van der Waals surface area contributed by atoms with E-state index in [2.05, 4.69) is 13.8 Å². The van der Waals surface area contributed by atoms with Crippen LogP contribution in [0, 0.1) is 5.41 Å². The predicted molar refractivity (Wildman–Crippen MR) is 82.8 cm³/mol. The van der Waals surface area contributed by atoms with Gasteiger partial charge in [-0.2, -0.15) is 0 Å². The summed E-state index contributed by atoms with van der Waals surface area (Å²) in [5.41, 5.74) is 7.07. The lowest BCUT2D eigenvalue weighted by Crippen LogP contribution is -2.54. The van der Waals surface area contributed by atoms with Crippen molar-refractivity contribution in [3.8, 4) is 0 Å².